The van der Waals surface area contributed by atoms with Crippen molar-refractivity contribution >= 4 is 22.8 Å². The zero-order valence-corrected chi connectivity index (χ0v) is 16.3. The van der Waals surface area contributed by atoms with Crippen LogP contribution in [0.4, 0.5) is 5.95 Å². The summed E-state index contributed by atoms with van der Waals surface area (Å²) in [5.41, 5.74) is 2.97. The molecule has 0 saturated carbocycles. The predicted octanol–water partition coefficient (Wildman–Crippen LogP) is 3.10. The summed E-state index contributed by atoms with van der Waals surface area (Å²) in [5.74, 6) is 1.21. The number of fused-ring (bicyclic) bond motifs is 1. The molecule has 1 aliphatic heterocycles. The normalized spacial score (nSPS) is 23.3. The molecule has 0 bridgehead atoms. The van der Waals surface area contributed by atoms with E-state index in [1.54, 1.807) is 0 Å². The third-order valence-electron chi connectivity index (χ3n) is 5.10. The molecule has 2 aromatic rings. The van der Waals surface area contributed by atoms with Gasteiger partial charge in [-0.3, -0.25) is 10.1 Å². The first-order chi connectivity index (χ1) is 12.3. The molecule has 6 nitrogen and oxygen atoms in total. The van der Waals surface area contributed by atoms with Gasteiger partial charge in [0.1, 0.15) is 0 Å². The third-order valence-corrected chi connectivity index (χ3v) is 5.10. The molecule has 3 atom stereocenters. The summed E-state index contributed by atoms with van der Waals surface area (Å²) in [5, 5.41) is 10.7. The zero-order valence-electron chi connectivity index (χ0n) is 16.3. The topological polar surface area (TPSA) is 78.9 Å². The van der Waals surface area contributed by atoms with Crippen LogP contribution in [-0.4, -0.2) is 28.2 Å². The predicted molar refractivity (Wildman–Crippen MR) is 105 cm³/mol. The number of nitrogens with one attached hydrogen (secondary N) is 3. The average Bonchev–Trinajstić information content (AvgIpc) is 2.55. The molecule has 26 heavy (non-hydrogen) atoms. The van der Waals surface area contributed by atoms with Crippen molar-refractivity contribution in [2.45, 2.75) is 59.8 Å². The second kappa shape index (κ2) is 7.58. The molecule has 3 unspecified atom stereocenters. The van der Waals surface area contributed by atoms with Gasteiger partial charge in [-0.1, -0.05) is 38.5 Å². The molecule has 0 spiro atoms. The molecule has 1 aromatic carbocycles. The van der Waals surface area contributed by atoms with Gasteiger partial charge in [-0.05, 0) is 38.7 Å². The Balaban J connectivity index is 1.73. The van der Waals surface area contributed by atoms with Gasteiger partial charge in [-0.15, -0.1) is 0 Å². The number of carbonyl (C=O) groups is 1. The van der Waals surface area contributed by atoms with Crippen LogP contribution in [0.3, 0.4) is 0 Å². The van der Waals surface area contributed by atoms with Crippen molar-refractivity contribution in [2.24, 2.45) is 11.8 Å². The largest absolute Gasteiger partial charge is 0.323 e. The molecule has 3 rings (SSSR count). The van der Waals surface area contributed by atoms with E-state index in [1.165, 1.54) is 0 Å². The maximum Gasteiger partial charge on any atom is 0.227 e. The number of benzene rings is 1. The summed E-state index contributed by atoms with van der Waals surface area (Å²) in [4.78, 5) is 21.7. The lowest BCUT2D eigenvalue weighted by atomic mass is 9.90. The first kappa shape index (κ1) is 18.6. The number of aryl methyl sites for hydroxylation is 2. The van der Waals surface area contributed by atoms with Crippen molar-refractivity contribution in [3.05, 3.63) is 29.5 Å². The highest BCUT2D eigenvalue weighted by Gasteiger charge is 2.33. The van der Waals surface area contributed by atoms with Gasteiger partial charge >= 0.3 is 0 Å². The third kappa shape index (κ3) is 3.96. The number of hydrogen-bond acceptors (Lipinski definition) is 5. The highest BCUT2D eigenvalue weighted by molar-refractivity contribution is 5.84. The van der Waals surface area contributed by atoms with Gasteiger partial charge in [0.25, 0.3) is 0 Å². The first-order valence-corrected chi connectivity index (χ1v) is 9.42. The Kier molecular flexibility index (Phi) is 5.41. The highest BCUT2D eigenvalue weighted by Crippen LogP contribution is 2.22. The van der Waals surface area contributed by atoms with Crippen LogP contribution in [0.25, 0.3) is 10.9 Å². The summed E-state index contributed by atoms with van der Waals surface area (Å²) < 4.78 is 0. The lowest BCUT2D eigenvalue weighted by Crippen LogP contribution is -2.63. The Hall–Kier alpha value is -2.21. The Labute approximate surface area is 155 Å². The van der Waals surface area contributed by atoms with Crippen molar-refractivity contribution in [1.29, 1.82) is 0 Å². The summed E-state index contributed by atoms with van der Waals surface area (Å²) in [6.07, 6.45) is 1.58. The van der Waals surface area contributed by atoms with E-state index in [-0.39, 0.29) is 24.2 Å². The van der Waals surface area contributed by atoms with Crippen molar-refractivity contribution in [3.8, 4) is 0 Å². The van der Waals surface area contributed by atoms with Gasteiger partial charge in [0.05, 0.1) is 17.1 Å². The number of anilines is 1. The van der Waals surface area contributed by atoms with Gasteiger partial charge in [0, 0.05) is 11.4 Å². The lowest BCUT2D eigenvalue weighted by Gasteiger charge is -2.36. The van der Waals surface area contributed by atoms with Crippen LogP contribution in [0.1, 0.15) is 44.9 Å². The average molecular weight is 355 g/mol. The van der Waals surface area contributed by atoms with Crippen LogP contribution in [0.2, 0.25) is 0 Å². The van der Waals surface area contributed by atoms with Gasteiger partial charge < -0.3 is 10.6 Å². The second-order valence-electron chi connectivity index (χ2n) is 7.72. The first-order valence-electron chi connectivity index (χ1n) is 9.42. The number of amides is 1. The molecule has 0 radical (unpaired) electrons. The molecule has 1 aliphatic rings. The van der Waals surface area contributed by atoms with E-state index in [9.17, 15) is 4.79 Å². The van der Waals surface area contributed by atoms with Gasteiger partial charge in [0.15, 0.2) is 6.29 Å². The molecular weight excluding hydrogens is 326 g/mol. The molecule has 140 valence electrons. The Morgan fingerprint density at radius 2 is 2.00 bits per heavy atom. The van der Waals surface area contributed by atoms with Crippen LogP contribution in [0.5, 0.6) is 0 Å². The van der Waals surface area contributed by atoms with Crippen molar-refractivity contribution in [3.63, 3.8) is 0 Å². The molecule has 1 saturated heterocycles. The standard InChI is InChI=1S/C20H29N5O/c1-11(2)9-10-16-14(5)22-20(24-18(16)26)25-19-21-13(4)15-8-6-7-12(3)17(15)23-19/h6-8,11,14,16,20,22H,9-10H2,1-5H3,(H,24,26)(H,21,23,25). The molecule has 6 heteroatoms. The van der Waals surface area contributed by atoms with E-state index in [1.807, 2.05) is 32.0 Å². The maximum absolute atomic E-state index is 12.5. The zero-order chi connectivity index (χ0) is 18.8. The van der Waals surface area contributed by atoms with E-state index in [4.69, 9.17) is 0 Å². The van der Waals surface area contributed by atoms with Crippen LogP contribution in [-0.2, 0) is 4.79 Å². The van der Waals surface area contributed by atoms with Crippen molar-refractivity contribution in [2.75, 3.05) is 5.32 Å². The number of nitrogens with zero attached hydrogens (tertiary/aromatic N) is 2. The van der Waals surface area contributed by atoms with Crippen LogP contribution >= 0.6 is 0 Å². The Morgan fingerprint density at radius 3 is 2.69 bits per heavy atom. The smallest absolute Gasteiger partial charge is 0.227 e. The highest BCUT2D eigenvalue weighted by atomic mass is 16.2. The summed E-state index contributed by atoms with van der Waals surface area (Å²) in [6, 6.07) is 6.19. The molecule has 3 N–H and O–H groups in total. The summed E-state index contributed by atoms with van der Waals surface area (Å²) >= 11 is 0. The van der Waals surface area contributed by atoms with Gasteiger partial charge in [0.2, 0.25) is 11.9 Å². The fourth-order valence-electron chi connectivity index (χ4n) is 3.51. The number of carbonyl (C=O) groups excluding carboxylic acids is 1. The summed E-state index contributed by atoms with van der Waals surface area (Å²) in [7, 11) is 0. The number of hydrogen-bond donors (Lipinski definition) is 3. The molecule has 0 aliphatic carbocycles. The molecular formula is C20H29N5O. The second-order valence-corrected chi connectivity index (χ2v) is 7.72. The van der Waals surface area contributed by atoms with E-state index >= 15 is 0 Å². The van der Waals surface area contributed by atoms with E-state index < -0.39 is 0 Å². The van der Waals surface area contributed by atoms with Crippen LogP contribution in [0.15, 0.2) is 18.2 Å². The Bertz CT molecular complexity index is 804. The lowest BCUT2D eigenvalue weighted by molar-refractivity contribution is -0.129. The Morgan fingerprint density at radius 1 is 1.23 bits per heavy atom. The van der Waals surface area contributed by atoms with E-state index in [0.717, 1.165) is 35.0 Å². The fraction of sp³-hybridized carbons (Fsp3) is 0.550. The molecule has 1 aromatic heterocycles. The molecule has 2 heterocycles. The number of rotatable bonds is 5. The van der Waals surface area contributed by atoms with Gasteiger partial charge in [-0.2, -0.15) is 0 Å². The minimum Gasteiger partial charge on any atom is -0.323 e. The molecule has 1 amide bonds. The minimum atomic E-state index is -0.367. The van der Waals surface area contributed by atoms with Crippen LogP contribution in [0, 0.1) is 25.7 Å². The molecule has 1 fully saturated rings. The monoisotopic (exact) mass is 355 g/mol. The number of aromatic nitrogens is 2. The minimum absolute atomic E-state index is 0.00282. The van der Waals surface area contributed by atoms with E-state index in [2.05, 4.69) is 46.7 Å². The fourth-order valence-corrected chi connectivity index (χ4v) is 3.51. The quantitative estimate of drug-likeness (QED) is 0.768. The van der Waals surface area contributed by atoms with Crippen molar-refractivity contribution in [1.82, 2.24) is 20.6 Å². The SMILES string of the molecule is Cc1nc(NC2NC(=O)C(CCC(C)C)C(C)N2)nc2c(C)cccc12. The van der Waals surface area contributed by atoms with Gasteiger partial charge in [-0.25, -0.2) is 9.97 Å². The maximum atomic E-state index is 12.5. The van der Waals surface area contributed by atoms with Crippen LogP contribution < -0.4 is 16.0 Å². The number of para-hydroxylation sites is 1. The van der Waals surface area contributed by atoms with Crippen molar-refractivity contribution < 1.29 is 4.79 Å². The van der Waals surface area contributed by atoms with E-state index in [0.29, 0.717) is 11.9 Å². The summed E-state index contributed by atoms with van der Waals surface area (Å²) in [6.45, 7) is 10.5.